The molecule has 0 unspecified atom stereocenters. The number of carbonyl (C=O) groups excluding carboxylic acids is 2. The summed E-state index contributed by atoms with van der Waals surface area (Å²) in [6, 6.07) is 27.3. The van der Waals surface area contributed by atoms with Crippen LogP contribution >= 0.6 is 0 Å². The van der Waals surface area contributed by atoms with Crippen molar-refractivity contribution in [2.45, 2.75) is 68.1 Å². The summed E-state index contributed by atoms with van der Waals surface area (Å²) in [7, 11) is -4.48. The number of hydrogen-bond acceptors (Lipinski definition) is 9. The summed E-state index contributed by atoms with van der Waals surface area (Å²) in [4.78, 5) is 32.1. The Morgan fingerprint density at radius 2 is 1.55 bits per heavy atom. The van der Waals surface area contributed by atoms with Crippen molar-refractivity contribution in [1.82, 2.24) is 14.6 Å². The minimum absolute atomic E-state index is 0.0305. The lowest BCUT2D eigenvalue weighted by Gasteiger charge is -2.31. The molecule has 3 fully saturated rings. The third-order valence-corrected chi connectivity index (χ3v) is 13.2. The number of nitrogens with one attached hydrogen (secondary N) is 1. The molecule has 9 rings (SSSR count). The van der Waals surface area contributed by atoms with E-state index in [9.17, 15) is 18.0 Å². The van der Waals surface area contributed by atoms with Crippen molar-refractivity contribution in [3.63, 3.8) is 0 Å². The number of benzene rings is 4. The zero-order valence-corrected chi connectivity index (χ0v) is 33.6. The molecule has 4 aliphatic rings. The van der Waals surface area contributed by atoms with Crippen LogP contribution in [0.25, 0.3) is 11.1 Å². The van der Waals surface area contributed by atoms with Gasteiger partial charge in [-0.1, -0.05) is 55.5 Å². The number of ether oxygens (including phenoxy) is 4. The highest BCUT2D eigenvalue weighted by Gasteiger charge is 2.48. The molecule has 11 nitrogen and oxygen atoms in total. The van der Waals surface area contributed by atoms with Crippen LogP contribution in [0, 0.1) is 23.5 Å². The summed E-state index contributed by atoms with van der Waals surface area (Å²) in [6.45, 7) is 3.15. The van der Waals surface area contributed by atoms with E-state index in [4.69, 9.17) is 18.9 Å². The van der Waals surface area contributed by atoms with Gasteiger partial charge in [-0.2, -0.15) is 4.39 Å². The van der Waals surface area contributed by atoms with E-state index >= 15 is 8.78 Å². The highest BCUT2D eigenvalue weighted by molar-refractivity contribution is 7.90. The Kier molecular flexibility index (Phi) is 10.7. The van der Waals surface area contributed by atoms with Crippen LogP contribution in [0.15, 0.2) is 108 Å². The molecule has 310 valence electrons. The van der Waals surface area contributed by atoms with Crippen molar-refractivity contribution < 1.29 is 45.7 Å². The number of piperidine rings is 1. The second kappa shape index (κ2) is 16.2. The quantitative estimate of drug-likeness (QED) is 0.117. The molecule has 1 aliphatic heterocycles. The van der Waals surface area contributed by atoms with E-state index < -0.39 is 45.0 Å². The van der Waals surface area contributed by atoms with Gasteiger partial charge >= 0.3 is 6.09 Å². The Morgan fingerprint density at radius 3 is 2.18 bits per heavy atom. The molecule has 0 radical (unpaired) electrons. The maximum absolute atomic E-state index is 15.2. The first-order valence-electron chi connectivity index (χ1n) is 20.2. The topological polar surface area (TPSA) is 133 Å². The number of pyridine rings is 1. The van der Waals surface area contributed by atoms with Crippen LogP contribution < -0.4 is 18.9 Å². The normalized spacial score (nSPS) is 19.6. The maximum Gasteiger partial charge on any atom is 0.410 e. The van der Waals surface area contributed by atoms with Gasteiger partial charge in [-0.3, -0.25) is 9.78 Å². The maximum atomic E-state index is 15.2. The summed E-state index contributed by atoms with van der Waals surface area (Å²) in [5.41, 5.74) is 4.30. The van der Waals surface area contributed by atoms with Gasteiger partial charge in [0, 0.05) is 30.8 Å². The second-order valence-electron chi connectivity index (χ2n) is 15.8. The fourth-order valence-electron chi connectivity index (χ4n) is 8.53. The van der Waals surface area contributed by atoms with Gasteiger partial charge in [0.25, 0.3) is 15.9 Å². The Bertz CT molecular complexity index is 2490. The molecule has 2 bridgehead atoms. The van der Waals surface area contributed by atoms with Crippen molar-refractivity contribution in [3.05, 3.63) is 137 Å². The smallest absolute Gasteiger partial charge is 0.410 e. The Morgan fingerprint density at radius 1 is 0.850 bits per heavy atom. The molecule has 1 N–H and O–H groups in total. The number of likely N-dealkylation sites (tertiary alicyclic amines) is 1. The van der Waals surface area contributed by atoms with Gasteiger partial charge in [-0.25, -0.2) is 22.3 Å². The minimum Gasteiger partial charge on any atom is -0.492 e. The summed E-state index contributed by atoms with van der Waals surface area (Å²) in [6.07, 6.45) is 4.33. The van der Waals surface area contributed by atoms with E-state index in [2.05, 4.69) is 29.2 Å². The summed E-state index contributed by atoms with van der Waals surface area (Å²) in [5, 5.41) is 0. The summed E-state index contributed by atoms with van der Waals surface area (Å²) in [5.74, 6) is -3.17. The number of aromatic nitrogens is 1. The number of halogens is 2. The average Bonchev–Trinajstić information content (AvgIpc) is 3.75. The van der Waals surface area contributed by atoms with Crippen molar-refractivity contribution >= 4 is 22.0 Å². The van der Waals surface area contributed by atoms with Crippen molar-refractivity contribution in [2.75, 3.05) is 19.8 Å². The van der Waals surface area contributed by atoms with Crippen molar-refractivity contribution in [2.24, 2.45) is 11.8 Å². The van der Waals surface area contributed by atoms with Gasteiger partial charge < -0.3 is 23.8 Å². The van der Waals surface area contributed by atoms with Gasteiger partial charge in [0.2, 0.25) is 5.82 Å². The highest BCUT2D eigenvalue weighted by Crippen LogP contribution is 2.45. The SMILES string of the molecule is CC[C@@H](Oc1ccc(C(=O)NS(=O)(=O)c2ccc(O[C@@H]3C[C@H]4C[C@@H]3CN4C(=O)OCC3c4ccccc4-c4ccccc43)cc2)c(F)c1F)c1ccc(OCC2CC2)cn1. The number of hydrogen-bond donors (Lipinski definition) is 1. The number of fused-ring (bicyclic) bond motifs is 5. The fraction of sp³-hybridized carbons (Fsp3) is 0.326. The van der Waals surface area contributed by atoms with Crippen LogP contribution in [0.5, 0.6) is 17.2 Å². The molecule has 2 amide bonds. The Balaban J connectivity index is 0.770. The molecule has 0 spiro atoms. The zero-order valence-electron chi connectivity index (χ0n) is 32.8. The molecular weight excluding hydrogens is 793 g/mol. The highest BCUT2D eigenvalue weighted by atomic mass is 32.2. The van der Waals surface area contributed by atoms with E-state index in [-0.39, 0.29) is 41.6 Å². The first-order chi connectivity index (χ1) is 29.1. The lowest BCUT2D eigenvalue weighted by Crippen LogP contribution is -2.43. The molecule has 60 heavy (non-hydrogen) atoms. The van der Waals surface area contributed by atoms with Crippen LogP contribution in [0.4, 0.5) is 13.6 Å². The summed E-state index contributed by atoms with van der Waals surface area (Å²) >= 11 is 0. The largest absolute Gasteiger partial charge is 0.492 e. The van der Waals surface area contributed by atoms with E-state index in [0.29, 0.717) is 49.1 Å². The molecule has 4 aromatic carbocycles. The van der Waals surface area contributed by atoms with Crippen LogP contribution in [0.3, 0.4) is 0 Å². The van der Waals surface area contributed by atoms with E-state index in [1.807, 2.05) is 29.0 Å². The van der Waals surface area contributed by atoms with E-state index in [0.717, 1.165) is 53.6 Å². The van der Waals surface area contributed by atoms with Crippen molar-refractivity contribution in [3.8, 4) is 28.4 Å². The second-order valence-corrected chi connectivity index (χ2v) is 17.5. The third kappa shape index (κ3) is 7.87. The van der Waals surface area contributed by atoms with Crippen LogP contribution in [-0.2, 0) is 14.8 Å². The predicted molar refractivity (Wildman–Crippen MR) is 216 cm³/mol. The van der Waals surface area contributed by atoms with E-state index in [1.54, 1.807) is 30.2 Å². The number of sulfonamides is 1. The standard InChI is InChI=1S/C46H43F2N3O8S/c1-2-40(39-19-15-31(23-49-39)56-25-27-11-12-27)59-41-20-18-37(43(47)44(41)48)45(52)50-60(54,55)32-16-13-30(14-17-32)58-42-22-29-21-28(42)24-51(29)46(53)57-26-38-35-9-5-3-7-33(35)34-8-4-6-10-36(34)38/h3-10,13-20,23,27-29,38,40,42H,2,11-12,21-22,24-26H2,1H3,(H,50,52)/t28-,29-,40-,42-/m1/s1. The first-order valence-corrected chi connectivity index (χ1v) is 21.7. The molecule has 3 aliphatic carbocycles. The molecule has 14 heteroatoms. The molecule has 2 heterocycles. The van der Waals surface area contributed by atoms with E-state index in [1.165, 1.54) is 24.3 Å². The third-order valence-electron chi connectivity index (χ3n) is 11.9. The number of rotatable bonds is 14. The molecule has 4 atom stereocenters. The molecular formula is C46H43F2N3O8S. The summed E-state index contributed by atoms with van der Waals surface area (Å²) < 4.78 is 82.2. The lowest BCUT2D eigenvalue weighted by atomic mass is 9.98. The van der Waals surface area contributed by atoms with Gasteiger partial charge in [0.05, 0.1) is 29.0 Å². The minimum atomic E-state index is -4.48. The molecule has 1 saturated heterocycles. The monoisotopic (exact) mass is 835 g/mol. The molecule has 2 saturated carbocycles. The number of nitrogens with zero attached hydrogens (tertiary/aromatic N) is 2. The number of amides is 2. The van der Waals surface area contributed by atoms with Crippen molar-refractivity contribution in [1.29, 1.82) is 0 Å². The lowest BCUT2D eigenvalue weighted by molar-refractivity contribution is 0.0624. The van der Waals surface area contributed by atoms with Crippen LogP contribution in [0.1, 0.15) is 78.2 Å². The van der Waals surface area contributed by atoms with Gasteiger partial charge in [0.15, 0.2) is 11.6 Å². The number of carbonyl (C=O) groups is 2. The Labute approximate surface area is 346 Å². The molecule has 5 aromatic rings. The Hall–Kier alpha value is -6.02. The zero-order chi connectivity index (χ0) is 41.5. The van der Waals surface area contributed by atoms with Crippen LogP contribution in [0.2, 0.25) is 0 Å². The van der Waals surface area contributed by atoms with Crippen LogP contribution in [-0.4, -0.2) is 62.2 Å². The van der Waals surface area contributed by atoms with Gasteiger partial charge in [-0.15, -0.1) is 0 Å². The fourth-order valence-corrected chi connectivity index (χ4v) is 9.50. The average molecular weight is 836 g/mol. The first kappa shape index (κ1) is 39.4. The van der Waals surface area contributed by atoms with Gasteiger partial charge in [0.1, 0.15) is 30.3 Å². The predicted octanol–water partition coefficient (Wildman–Crippen LogP) is 8.59. The van der Waals surface area contributed by atoms with Gasteiger partial charge in [-0.05, 0) is 102 Å². The molecule has 1 aromatic heterocycles.